The Morgan fingerprint density at radius 2 is 1.78 bits per heavy atom. The number of anilines is 1. The van der Waals surface area contributed by atoms with Crippen molar-refractivity contribution in [1.82, 2.24) is 5.32 Å². The molecule has 1 aliphatic rings. The van der Waals surface area contributed by atoms with Crippen LogP contribution in [0.15, 0.2) is 54.6 Å². The topological polar surface area (TPSA) is 86.7 Å². The summed E-state index contributed by atoms with van der Waals surface area (Å²) in [5.74, 6) is -1.08. The van der Waals surface area contributed by atoms with E-state index in [0.717, 1.165) is 29.8 Å². The fourth-order valence-electron chi connectivity index (χ4n) is 3.26. The van der Waals surface area contributed by atoms with Gasteiger partial charge in [0, 0.05) is 18.7 Å². The van der Waals surface area contributed by atoms with Crippen LogP contribution >= 0.6 is 0 Å². The summed E-state index contributed by atoms with van der Waals surface area (Å²) in [5, 5.41) is 11.9. The highest BCUT2D eigenvalue weighted by Crippen LogP contribution is 2.22. The lowest BCUT2D eigenvalue weighted by molar-refractivity contribution is -0.137. The van der Waals surface area contributed by atoms with Crippen LogP contribution in [0.1, 0.15) is 36.4 Å². The van der Waals surface area contributed by atoms with Gasteiger partial charge < -0.3 is 15.3 Å². The zero-order valence-electron chi connectivity index (χ0n) is 14.9. The first kappa shape index (κ1) is 18.6. The van der Waals surface area contributed by atoms with Crippen molar-refractivity contribution in [3.63, 3.8) is 0 Å². The van der Waals surface area contributed by atoms with E-state index in [4.69, 9.17) is 5.11 Å². The summed E-state index contributed by atoms with van der Waals surface area (Å²) in [5.41, 5.74) is 2.41. The molecule has 0 radical (unpaired) electrons. The van der Waals surface area contributed by atoms with E-state index in [9.17, 15) is 14.4 Å². The minimum atomic E-state index is -0.969. The molecule has 3 rings (SSSR count). The van der Waals surface area contributed by atoms with Crippen molar-refractivity contribution in [2.45, 2.75) is 31.7 Å². The smallest absolute Gasteiger partial charge is 0.305 e. The third kappa shape index (κ3) is 4.94. The van der Waals surface area contributed by atoms with Crippen molar-refractivity contribution in [2.75, 3.05) is 11.4 Å². The van der Waals surface area contributed by atoms with Crippen molar-refractivity contribution in [3.8, 4) is 0 Å². The quantitative estimate of drug-likeness (QED) is 0.789. The molecule has 2 N–H and O–H groups in total. The van der Waals surface area contributed by atoms with E-state index < -0.39 is 12.0 Å². The number of carbonyl (C=O) groups is 3. The fraction of sp³-hybridized carbons (Fsp3) is 0.286. The molecule has 1 heterocycles. The molecule has 1 unspecified atom stereocenters. The summed E-state index contributed by atoms with van der Waals surface area (Å²) in [6, 6.07) is 15.8. The molecule has 1 atom stereocenters. The maximum absolute atomic E-state index is 12.4. The molecule has 1 saturated heterocycles. The van der Waals surface area contributed by atoms with E-state index in [1.807, 2.05) is 42.5 Å². The SMILES string of the molecule is O=C(O)CC(NC(=O)Cc1ccc(N2CCCC2=O)cc1)c1ccccc1. The van der Waals surface area contributed by atoms with E-state index >= 15 is 0 Å². The van der Waals surface area contributed by atoms with E-state index in [1.54, 1.807) is 17.0 Å². The van der Waals surface area contributed by atoms with Gasteiger partial charge in [0.2, 0.25) is 11.8 Å². The zero-order valence-corrected chi connectivity index (χ0v) is 14.9. The van der Waals surface area contributed by atoms with E-state index in [2.05, 4.69) is 5.32 Å². The van der Waals surface area contributed by atoms with Crippen molar-refractivity contribution in [3.05, 3.63) is 65.7 Å². The minimum Gasteiger partial charge on any atom is -0.481 e. The first-order valence-electron chi connectivity index (χ1n) is 8.98. The molecule has 2 aromatic rings. The lowest BCUT2D eigenvalue weighted by Gasteiger charge is -2.18. The minimum absolute atomic E-state index is 0.125. The standard InChI is InChI=1S/C21H22N2O4/c24-19(22-18(14-21(26)27)16-5-2-1-3-6-16)13-15-8-10-17(11-9-15)23-12-4-7-20(23)25/h1-3,5-6,8-11,18H,4,7,12-14H2,(H,22,24)(H,26,27). The first-order valence-corrected chi connectivity index (χ1v) is 8.98. The number of aliphatic carboxylic acids is 1. The maximum Gasteiger partial charge on any atom is 0.305 e. The normalized spacial score (nSPS) is 14.8. The second-order valence-corrected chi connectivity index (χ2v) is 6.62. The highest BCUT2D eigenvalue weighted by atomic mass is 16.4. The summed E-state index contributed by atoms with van der Waals surface area (Å²) in [6.45, 7) is 0.729. The van der Waals surface area contributed by atoms with E-state index in [0.29, 0.717) is 6.42 Å². The Labute approximate surface area is 157 Å². The van der Waals surface area contributed by atoms with Crippen LogP contribution in [0.2, 0.25) is 0 Å². The molecule has 0 bridgehead atoms. The predicted molar refractivity (Wildman–Crippen MR) is 101 cm³/mol. The molecule has 6 nitrogen and oxygen atoms in total. The Morgan fingerprint density at radius 1 is 1.07 bits per heavy atom. The summed E-state index contributed by atoms with van der Waals surface area (Å²) < 4.78 is 0. The Morgan fingerprint density at radius 3 is 2.37 bits per heavy atom. The van der Waals surface area contributed by atoms with Gasteiger partial charge in [0.25, 0.3) is 0 Å². The maximum atomic E-state index is 12.4. The van der Waals surface area contributed by atoms with Crippen molar-refractivity contribution in [1.29, 1.82) is 0 Å². The summed E-state index contributed by atoms with van der Waals surface area (Å²) in [4.78, 5) is 37.1. The second-order valence-electron chi connectivity index (χ2n) is 6.62. The zero-order chi connectivity index (χ0) is 19.2. The number of carboxylic acid groups (broad SMARTS) is 1. The second kappa shape index (κ2) is 8.49. The lowest BCUT2D eigenvalue weighted by atomic mass is 10.0. The molecule has 1 aliphatic heterocycles. The molecule has 0 aromatic heterocycles. The number of carbonyl (C=O) groups excluding carboxylic acids is 2. The van der Waals surface area contributed by atoms with Gasteiger partial charge in [-0.1, -0.05) is 42.5 Å². The van der Waals surface area contributed by atoms with Gasteiger partial charge in [-0.3, -0.25) is 14.4 Å². The Kier molecular flexibility index (Phi) is 5.86. The highest BCUT2D eigenvalue weighted by molar-refractivity contribution is 5.95. The van der Waals surface area contributed by atoms with Gasteiger partial charge in [-0.25, -0.2) is 0 Å². The number of rotatable bonds is 7. The summed E-state index contributed by atoms with van der Waals surface area (Å²) >= 11 is 0. The average Bonchev–Trinajstić information content (AvgIpc) is 3.08. The van der Waals surface area contributed by atoms with Gasteiger partial charge in [-0.15, -0.1) is 0 Å². The Hall–Kier alpha value is -3.15. The monoisotopic (exact) mass is 366 g/mol. The van der Waals surface area contributed by atoms with Crippen LogP contribution in [-0.4, -0.2) is 29.4 Å². The molecular formula is C21H22N2O4. The number of carboxylic acids is 1. The van der Waals surface area contributed by atoms with Crippen LogP contribution in [0.4, 0.5) is 5.69 Å². The molecule has 27 heavy (non-hydrogen) atoms. The van der Waals surface area contributed by atoms with Crippen LogP contribution in [0.3, 0.4) is 0 Å². The number of benzene rings is 2. The van der Waals surface area contributed by atoms with E-state index in [1.165, 1.54) is 0 Å². The van der Waals surface area contributed by atoms with Crippen LogP contribution in [0, 0.1) is 0 Å². The molecule has 6 heteroatoms. The molecule has 2 aromatic carbocycles. The molecule has 2 amide bonds. The number of nitrogens with one attached hydrogen (secondary N) is 1. The van der Waals surface area contributed by atoms with Crippen molar-refractivity contribution < 1.29 is 19.5 Å². The summed E-state index contributed by atoms with van der Waals surface area (Å²) in [7, 11) is 0. The van der Waals surface area contributed by atoms with Crippen molar-refractivity contribution >= 4 is 23.5 Å². The molecule has 1 fully saturated rings. The summed E-state index contributed by atoms with van der Waals surface area (Å²) in [6.07, 6.45) is 1.42. The number of amides is 2. The van der Waals surface area contributed by atoms with Gasteiger partial charge in [0.1, 0.15) is 0 Å². The first-order chi connectivity index (χ1) is 13.0. The Bertz CT molecular complexity index is 818. The molecule has 0 saturated carbocycles. The number of hydrogen-bond acceptors (Lipinski definition) is 3. The predicted octanol–water partition coefficient (Wildman–Crippen LogP) is 2.69. The van der Waals surface area contributed by atoms with Gasteiger partial charge in [0.05, 0.1) is 18.9 Å². The third-order valence-corrected chi connectivity index (χ3v) is 4.60. The largest absolute Gasteiger partial charge is 0.481 e. The van der Waals surface area contributed by atoms with E-state index in [-0.39, 0.29) is 24.7 Å². The molecule has 140 valence electrons. The van der Waals surface area contributed by atoms with Crippen LogP contribution in [0.25, 0.3) is 0 Å². The average molecular weight is 366 g/mol. The molecule has 0 aliphatic carbocycles. The van der Waals surface area contributed by atoms with Crippen LogP contribution < -0.4 is 10.2 Å². The van der Waals surface area contributed by atoms with Gasteiger partial charge in [-0.2, -0.15) is 0 Å². The lowest BCUT2D eigenvalue weighted by Crippen LogP contribution is -2.31. The molecular weight excluding hydrogens is 344 g/mol. The molecule has 0 spiro atoms. The van der Waals surface area contributed by atoms with Gasteiger partial charge in [-0.05, 0) is 29.7 Å². The Balaban J connectivity index is 1.63. The van der Waals surface area contributed by atoms with Crippen molar-refractivity contribution in [2.24, 2.45) is 0 Å². The number of nitrogens with zero attached hydrogens (tertiary/aromatic N) is 1. The van der Waals surface area contributed by atoms with Gasteiger partial charge >= 0.3 is 5.97 Å². The number of hydrogen-bond donors (Lipinski definition) is 2. The third-order valence-electron chi connectivity index (χ3n) is 4.60. The van der Waals surface area contributed by atoms with Gasteiger partial charge in [0.15, 0.2) is 0 Å². The van der Waals surface area contributed by atoms with Crippen LogP contribution in [-0.2, 0) is 20.8 Å². The van der Waals surface area contributed by atoms with Crippen LogP contribution in [0.5, 0.6) is 0 Å². The highest BCUT2D eigenvalue weighted by Gasteiger charge is 2.22. The fourth-order valence-corrected chi connectivity index (χ4v) is 3.26.